The fraction of sp³-hybridized carbons (Fsp3) is 0.462. The fourth-order valence-corrected chi connectivity index (χ4v) is 1.33. The summed E-state index contributed by atoms with van der Waals surface area (Å²) in [4.78, 5) is 27.1. The number of nitrogens with zero attached hydrogens (tertiary/aromatic N) is 1. The van der Waals surface area contributed by atoms with Gasteiger partial charge in [-0.2, -0.15) is 0 Å². The number of nitrogen functional groups attached to an aromatic ring is 1. The van der Waals surface area contributed by atoms with Gasteiger partial charge in [-0.05, 0) is 25.5 Å². The Labute approximate surface area is 112 Å². The molecule has 0 aliphatic rings. The van der Waals surface area contributed by atoms with Crippen LogP contribution in [-0.2, 0) is 9.53 Å². The predicted octanol–water partition coefficient (Wildman–Crippen LogP) is 1.13. The zero-order valence-electron chi connectivity index (χ0n) is 11.2. The van der Waals surface area contributed by atoms with Gasteiger partial charge in [0.05, 0.1) is 11.9 Å². The summed E-state index contributed by atoms with van der Waals surface area (Å²) in [5.41, 5.74) is 6.05. The summed E-state index contributed by atoms with van der Waals surface area (Å²) in [7, 11) is 0. The molecule has 6 heteroatoms. The van der Waals surface area contributed by atoms with Crippen molar-refractivity contribution < 1.29 is 14.3 Å². The second-order valence-corrected chi connectivity index (χ2v) is 4.17. The highest BCUT2D eigenvalue weighted by molar-refractivity contribution is 5.90. The van der Waals surface area contributed by atoms with Gasteiger partial charge in [0.15, 0.2) is 6.10 Å². The van der Waals surface area contributed by atoms with Gasteiger partial charge in [0, 0.05) is 6.54 Å². The molecule has 0 saturated carbocycles. The quantitative estimate of drug-likeness (QED) is 0.594. The smallest absolute Gasteiger partial charge is 0.357 e. The Kier molecular flexibility index (Phi) is 5.78. The van der Waals surface area contributed by atoms with E-state index in [2.05, 4.69) is 10.3 Å². The molecule has 6 nitrogen and oxygen atoms in total. The number of nitrogens with two attached hydrogens (primary N) is 1. The SMILES string of the molecule is CCCCNC(=O)C(C)OC(=O)c1ccc(N)cn1. The summed E-state index contributed by atoms with van der Waals surface area (Å²) < 4.78 is 5.01. The highest BCUT2D eigenvalue weighted by atomic mass is 16.5. The lowest BCUT2D eigenvalue weighted by Gasteiger charge is -2.13. The maximum absolute atomic E-state index is 11.7. The molecule has 0 aliphatic carbocycles. The van der Waals surface area contributed by atoms with Gasteiger partial charge in [-0.3, -0.25) is 4.79 Å². The van der Waals surface area contributed by atoms with E-state index in [4.69, 9.17) is 10.5 Å². The maximum Gasteiger partial charge on any atom is 0.357 e. The van der Waals surface area contributed by atoms with Gasteiger partial charge < -0.3 is 15.8 Å². The van der Waals surface area contributed by atoms with Crippen LogP contribution < -0.4 is 11.1 Å². The number of pyridine rings is 1. The average Bonchev–Trinajstić information content (AvgIpc) is 2.39. The lowest BCUT2D eigenvalue weighted by Crippen LogP contribution is -2.36. The Morgan fingerprint density at radius 1 is 1.47 bits per heavy atom. The van der Waals surface area contributed by atoms with Gasteiger partial charge in [0.25, 0.3) is 5.91 Å². The van der Waals surface area contributed by atoms with Crippen molar-refractivity contribution in [1.29, 1.82) is 0 Å². The molecule has 0 saturated heterocycles. The lowest BCUT2D eigenvalue weighted by molar-refractivity contribution is -0.129. The maximum atomic E-state index is 11.7. The number of amides is 1. The highest BCUT2D eigenvalue weighted by Crippen LogP contribution is 2.04. The van der Waals surface area contributed by atoms with Crippen molar-refractivity contribution in [3.8, 4) is 0 Å². The van der Waals surface area contributed by atoms with Crippen molar-refractivity contribution in [3.05, 3.63) is 24.0 Å². The molecule has 1 aromatic heterocycles. The number of carbonyl (C=O) groups is 2. The monoisotopic (exact) mass is 265 g/mol. The largest absolute Gasteiger partial charge is 0.448 e. The van der Waals surface area contributed by atoms with Crippen LogP contribution in [0.1, 0.15) is 37.2 Å². The van der Waals surface area contributed by atoms with E-state index >= 15 is 0 Å². The third-order valence-electron chi connectivity index (χ3n) is 2.48. The van der Waals surface area contributed by atoms with Crippen LogP contribution in [0.15, 0.2) is 18.3 Å². The van der Waals surface area contributed by atoms with Crippen LogP contribution in [0.3, 0.4) is 0 Å². The molecule has 0 spiro atoms. The lowest BCUT2D eigenvalue weighted by atomic mass is 10.3. The van der Waals surface area contributed by atoms with Crippen molar-refractivity contribution in [2.75, 3.05) is 12.3 Å². The molecule has 0 radical (unpaired) electrons. The molecule has 1 rings (SSSR count). The van der Waals surface area contributed by atoms with E-state index in [1.54, 1.807) is 6.07 Å². The predicted molar refractivity (Wildman–Crippen MR) is 71.4 cm³/mol. The van der Waals surface area contributed by atoms with Crippen LogP contribution in [0.2, 0.25) is 0 Å². The number of carbonyl (C=O) groups excluding carboxylic acids is 2. The first kappa shape index (κ1) is 14.9. The first-order valence-electron chi connectivity index (χ1n) is 6.24. The second-order valence-electron chi connectivity index (χ2n) is 4.17. The molecule has 0 bridgehead atoms. The molecule has 1 heterocycles. The first-order valence-corrected chi connectivity index (χ1v) is 6.24. The van der Waals surface area contributed by atoms with E-state index in [0.717, 1.165) is 12.8 Å². The van der Waals surface area contributed by atoms with Crippen LogP contribution in [0.4, 0.5) is 5.69 Å². The van der Waals surface area contributed by atoms with E-state index < -0.39 is 12.1 Å². The van der Waals surface area contributed by atoms with E-state index in [1.165, 1.54) is 19.2 Å². The molecule has 1 atom stereocenters. The summed E-state index contributed by atoms with van der Waals surface area (Å²) >= 11 is 0. The zero-order chi connectivity index (χ0) is 14.3. The Morgan fingerprint density at radius 2 is 2.21 bits per heavy atom. The van der Waals surface area contributed by atoms with Gasteiger partial charge in [-0.1, -0.05) is 13.3 Å². The minimum absolute atomic E-state index is 0.127. The number of anilines is 1. The fourth-order valence-electron chi connectivity index (χ4n) is 1.33. The van der Waals surface area contributed by atoms with Crippen molar-refractivity contribution in [1.82, 2.24) is 10.3 Å². The number of ether oxygens (including phenoxy) is 1. The topological polar surface area (TPSA) is 94.3 Å². The van der Waals surface area contributed by atoms with Gasteiger partial charge in [-0.25, -0.2) is 9.78 Å². The molecule has 0 aliphatic heterocycles. The number of nitrogens with one attached hydrogen (secondary N) is 1. The molecular weight excluding hydrogens is 246 g/mol. The zero-order valence-corrected chi connectivity index (χ0v) is 11.2. The number of aromatic nitrogens is 1. The van der Waals surface area contributed by atoms with E-state index in [1.807, 2.05) is 6.92 Å². The van der Waals surface area contributed by atoms with Crippen LogP contribution >= 0.6 is 0 Å². The van der Waals surface area contributed by atoms with E-state index in [9.17, 15) is 9.59 Å². The number of rotatable bonds is 6. The molecule has 1 unspecified atom stereocenters. The van der Waals surface area contributed by atoms with Gasteiger partial charge in [-0.15, -0.1) is 0 Å². The van der Waals surface area contributed by atoms with Crippen molar-refractivity contribution >= 4 is 17.6 Å². The Hall–Kier alpha value is -2.11. The van der Waals surface area contributed by atoms with E-state index in [0.29, 0.717) is 12.2 Å². The normalized spacial score (nSPS) is 11.7. The van der Waals surface area contributed by atoms with Gasteiger partial charge >= 0.3 is 5.97 Å². The molecule has 1 aromatic rings. The van der Waals surface area contributed by atoms with Crippen LogP contribution in [0, 0.1) is 0 Å². The third kappa shape index (κ3) is 4.95. The summed E-state index contributed by atoms with van der Waals surface area (Å²) in [6.07, 6.45) is 2.40. The third-order valence-corrected chi connectivity index (χ3v) is 2.48. The molecule has 1 amide bonds. The number of unbranched alkanes of at least 4 members (excludes halogenated alkanes) is 1. The molecule has 0 aromatic carbocycles. The molecular formula is C13H19N3O3. The number of hydrogen-bond donors (Lipinski definition) is 2. The van der Waals surface area contributed by atoms with Crippen LogP contribution in [0.5, 0.6) is 0 Å². The van der Waals surface area contributed by atoms with Crippen LogP contribution in [0.25, 0.3) is 0 Å². The number of hydrogen-bond acceptors (Lipinski definition) is 5. The number of esters is 1. The Bertz CT molecular complexity index is 431. The molecule has 0 fully saturated rings. The molecule has 3 N–H and O–H groups in total. The van der Waals surface area contributed by atoms with Gasteiger partial charge in [0.1, 0.15) is 5.69 Å². The summed E-state index contributed by atoms with van der Waals surface area (Å²) in [5.74, 6) is -0.949. The Balaban J connectivity index is 2.47. The van der Waals surface area contributed by atoms with Crippen molar-refractivity contribution in [3.63, 3.8) is 0 Å². The van der Waals surface area contributed by atoms with Crippen LogP contribution in [-0.4, -0.2) is 29.5 Å². The minimum Gasteiger partial charge on any atom is -0.448 e. The average molecular weight is 265 g/mol. The van der Waals surface area contributed by atoms with E-state index in [-0.39, 0.29) is 11.6 Å². The highest BCUT2D eigenvalue weighted by Gasteiger charge is 2.18. The standard InChI is InChI=1S/C13H19N3O3/c1-3-4-7-15-12(17)9(2)19-13(18)11-6-5-10(14)8-16-11/h5-6,8-9H,3-4,7,14H2,1-2H3,(H,15,17). The molecule has 104 valence electrons. The Morgan fingerprint density at radius 3 is 2.79 bits per heavy atom. The summed E-state index contributed by atoms with van der Waals surface area (Å²) in [6, 6.07) is 3.01. The van der Waals surface area contributed by atoms with Crippen molar-refractivity contribution in [2.24, 2.45) is 0 Å². The first-order chi connectivity index (χ1) is 9.04. The second kappa shape index (κ2) is 7.35. The summed E-state index contributed by atoms with van der Waals surface area (Å²) in [6.45, 7) is 4.14. The minimum atomic E-state index is -0.844. The van der Waals surface area contributed by atoms with Gasteiger partial charge in [0.2, 0.25) is 0 Å². The summed E-state index contributed by atoms with van der Waals surface area (Å²) in [5, 5.41) is 2.69. The molecule has 19 heavy (non-hydrogen) atoms. The van der Waals surface area contributed by atoms with Crippen molar-refractivity contribution in [2.45, 2.75) is 32.8 Å².